The lowest BCUT2D eigenvalue weighted by molar-refractivity contribution is 0.0735. The zero-order chi connectivity index (χ0) is 14.3. The van der Waals surface area contributed by atoms with Crippen LogP contribution in [0.15, 0.2) is 16.8 Å². The van der Waals surface area contributed by atoms with Crippen molar-refractivity contribution < 1.29 is 4.79 Å². The molecule has 5 heteroatoms. The van der Waals surface area contributed by atoms with Crippen molar-refractivity contribution in [3.8, 4) is 0 Å². The van der Waals surface area contributed by atoms with Crippen LogP contribution in [-0.2, 0) is 7.05 Å². The summed E-state index contributed by atoms with van der Waals surface area (Å²) in [5.41, 5.74) is 4.24. The highest BCUT2D eigenvalue weighted by molar-refractivity contribution is 7.08. The lowest BCUT2D eigenvalue weighted by Crippen LogP contribution is -2.30. The van der Waals surface area contributed by atoms with Crippen LogP contribution in [0.25, 0.3) is 0 Å². The van der Waals surface area contributed by atoms with Crippen LogP contribution >= 0.6 is 11.3 Å². The minimum absolute atomic E-state index is 0.149. The molecule has 0 N–H and O–H groups in total. The van der Waals surface area contributed by atoms with Gasteiger partial charge in [-0.25, -0.2) is 0 Å². The third-order valence-electron chi connectivity index (χ3n) is 4.18. The van der Waals surface area contributed by atoms with Crippen molar-refractivity contribution in [1.29, 1.82) is 0 Å². The maximum Gasteiger partial charge on any atom is 0.255 e. The van der Waals surface area contributed by atoms with Crippen molar-refractivity contribution in [1.82, 2.24) is 14.7 Å². The van der Waals surface area contributed by atoms with Crippen molar-refractivity contribution in [2.75, 3.05) is 6.54 Å². The molecule has 0 unspecified atom stereocenters. The fourth-order valence-corrected chi connectivity index (χ4v) is 3.76. The molecule has 2 aromatic rings. The summed E-state index contributed by atoms with van der Waals surface area (Å²) in [6.45, 7) is 4.96. The molecule has 3 heterocycles. The highest BCUT2D eigenvalue weighted by Gasteiger charge is 2.33. The van der Waals surface area contributed by atoms with E-state index in [0.29, 0.717) is 0 Å². The van der Waals surface area contributed by atoms with Gasteiger partial charge in [0.05, 0.1) is 17.3 Å². The van der Waals surface area contributed by atoms with Gasteiger partial charge in [-0.15, -0.1) is 0 Å². The van der Waals surface area contributed by atoms with Crippen LogP contribution in [0.5, 0.6) is 0 Å². The molecule has 0 aliphatic carbocycles. The number of aryl methyl sites for hydroxylation is 2. The van der Waals surface area contributed by atoms with Crippen molar-refractivity contribution in [3.05, 3.63) is 39.3 Å². The number of rotatable bonds is 2. The first-order chi connectivity index (χ1) is 9.59. The van der Waals surface area contributed by atoms with Gasteiger partial charge in [0.25, 0.3) is 5.91 Å². The SMILES string of the molecule is Cc1nn(C)c(C)c1[C@H]1CCCN1C(=O)c1ccsc1. The van der Waals surface area contributed by atoms with E-state index in [1.165, 1.54) is 5.56 Å². The Labute approximate surface area is 123 Å². The zero-order valence-corrected chi connectivity index (χ0v) is 12.9. The van der Waals surface area contributed by atoms with Crippen molar-refractivity contribution in [3.63, 3.8) is 0 Å². The molecular weight excluding hydrogens is 270 g/mol. The van der Waals surface area contributed by atoms with E-state index in [4.69, 9.17) is 0 Å². The Morgan fingerprint density at radius 2 is 2.25 bits per heavy atom. The quantitative estimate of drug-likeness (QED) is 0.852. The summed E-state index contributed by atoms with van der Waals surface area (Å²) in [6, 6.07) is 2.09. The molecule has 0 radical (unpaired) electrons. The summed E-state index contributed by atoms with van der Waals surface area (Å²) < 4.78 is 1.91. The van der Waals surface area contributed by atoms with E-state index in [1.54, 1.807) is 11.3 Å². The Bertz CT molecular complexity index is 630. The third-order valence-corrected chi connectivity index (χ3v) is 4.86. The summed E-state index contributed by atoms with van der Waals surface area (Å²) in [6.07, 6.45) is 2.09. The van der Waals surface area contributed by atoms with E-state index in [9.17, 15) is 4.79 Å². The van der Waals surface area contributed by atoms with Gasteiger partial charge in [0, 0.05) is 30.2 Å². The van der Waals surface area contributed by atoms with Gasteiger partial charge in [-0.05, 0) is 38.1 Å². The lowest BCUT2D eigenvalue weighted by atomic mass is 10.0. The van der Waals surface area contributed by atoms with Crippen LogP contribution in [0.2, 0.25) is 0 Å². The highest BCUT2D eigenvalue weighted by atomic mass is 32.1. The second kappa shape index (κ2) is 5.05. The summed E-state index contributed by atoms with van der Waals surface area (Å²) >= 11 is 1.57. The van der Waals surface area contributed by atoms with E-state index in [2.05, 4.69) is 12.0 Å². The van der Waals surface area contributed by atoms with E-state index < -0.39 is 0 Å². The molecule has 3 rings (SSSR count). The van der Waals surface area contributed by atoms with Crippen molar-refractivity contribution in [2.45, 2.75) is 32.7 Å². The Morgan fingerprint density at radius 3 is 2.85 bits per heavy atom. The molecule has 1 aliphatic heterocycles. The van der Waals surface area contributed by atoms with Gasteiger partial charge >= 0.3 is 0 Å². The summed E-state index contributed by atoms with van der Waals surface area (Å²) in [7, 11) is 1.96. The first-order valence-corrected chi connectivity index (χ1v) is 7.87. The van der Waals surface area contributed by atoms with E-state index in [0.717, 1.165) is 36.3 Å². The fraction of sp³-hybridized carbons (Fsp3) is 0.467. The van der Waals surface area contributed by atoms with Gasteiger partial charge in [-0.2, -0.15) is 16.4 Å². The van der Waals surface area contributed by atoms with Crippen LogP contribution in [0.3, 0.4) is 0 Å². The molecule has 4 nitrogen and oxygen atoms in total. The standard InChI is InChI=1S/C15H19N3OS/c1-10-14(11(2)17(3)16-10)13-5-4-7-18(13)15(19)12-6-8-20-9-12/h6,8-9,13H,4-5,7H2,1-3H3/t13-/m1/s1. The summed E-state index contributed by atoms with van der Waals surface area (Å²) in [5, 5.41) is 8.38. The number of carbonyl (C=O) groups is 1. The van der Waals surface area contributed by atoms with Gasteiger partial charge < -0.3 is 4.90 Å². The molecule has 1 atom stereocenters. The van der Waals surface area contributed by atoms with E-state index >= 15 is 0 Å². The normalized spacial score (nSPS) is 18.8. The van der Waals surface area contributed by atoms with Gasteiger partial charge in [0.2, 0.25) is 0 Å². The van der Waals surface area contributed by atoms with Crippen LogP contribution < -0.4 is 0 Å². The highest BCUT2D eigenvalue weighted by Crippen LogP contribution is 2.36. The molecule has 1 amide bonds. The Hall–Kier alpha value is -1.62. The molecule has 1 saturated heterocycles. The molecule has 20 heavy (non-hydrogen) atoms. The number of carbonyl (C=O) groups excluding carboxylic acids is 1. The number of likely N-dealkylation sites (tertiary alicyclic amines) is 1. The predicted molar refractivity (Wildman–Crippen MR) is 80.0 cm³/mol. The van der Waals surface area contributed by atoms with Gasteiger partial charge in [-0.1, -0.05) is 0 Å². The number of nitrogens with zero attached hydrogens (tertiary/aromatic N) is 3. The molecule has 0 aromatic carbocycles. The summed E-state index contributed by atoms with van der Waals surface area (Å²) in [5.74, 6) is 0.149. The van der Waals surface area contributed by atoms with Crippen LogP contribution in [0.1, 0.15) is 46.2 Å². The lowest BCUT2D eigenvalue weighted by Gasteiger charge is -2.25. The second-order valence-corrected chi connectivity index (χ2v) is 6.16. The largest absolute Gasteiger partial charge is 0.331 e. The maximum atomic E-state index is 12.6. The Morgan fingerprint density at radius 1 is 1.45 bits per heavy atom. The van der Waals surface area contributed by atoms with Crippen molar-refractivity contribution >= 4 is 17.2 Å². The molecule has 2 aromatic heterocycles. The molecule has 106 valence electrons. The van der Waals surface area contributed by atoms with Crippen molar-refractivity contribution in [2.24, 2.45) is 7.05 Å². The molecule has 0 saturated carbocycles. The number of thiophene rings is 1. The molecular formula is C15H19N3OS. The molecule has 1 fully saturated rings. The summed E-state index contributed by atoms with van der Waals surface area (Å²) in [4.78, 5) is 14.6. The minimum Gasteiger partial charge on any atom is -0.331 e. The fourth-order valence-electron chi connectivity index (χ4n) is 3.13. The predicted octanol–water partition coefficient (Wildman–Crippen LogP) is 3.08. The first-order valence-electron chi connectivity index (χ1n) is 6.93. The second-order valence-electron chi connectivity index (χ2n) is 5.38. The van der Waals surface area contributed by atoms with Crippen LogP contribution in [0, 0.1) is 13.8 Å². The van der Waals surface area contributed by atoms with E-state index in [1.807, 2.05) is 40.4 Å². The monoisotopic (exact) mass is 289 g/mol. The maximum absolute atomic E-state index is 12.6. The third kappa shape index (κ3) is 2.06. The Kier molecular flexibility index (Phi) is 3.38. The average Bonchev–Trinajstić information content (AvgIpc) is 3.12. The number of hydrogen-bond donors (Lipinski definition) is 0. The number of amides is 1. The first kappa shape index (κ1) is 13.4. The number of hydrogen-bond acceptors (Lipinski definition) is 3. The van der Waals surface area contributed by atoms with E-state index in [-0.39, 0.29) is 11.9 Å². The van der Waals surface area contributed by atoms with Gasteiger partial charge in [0.15, 0.2) is 0 Å². The smallest absolute Gasteiger partial charge is 0.255 e. The van der Waals surface area contributed by atoms with Gasteiger partial charge in [0.1, 0.15) is 0 Å². The molecule has 0 spiro atoms. The Balaban J connectivity index is 1.95. The van der Waals surface area contributed by atoms with Gasteiger partial charge in [-0.3, -0.25) is 9.48 Å². The average molecular weight is 289 g/mol. The van der Waals surface area contributed by atoms with Crippen LogP contribution in [-0.4, -0.2) is 27.1 Å². The topological polar surface area (TPSA) is 38.1 Å². The minimum atomic E-state index is 0.149. The number of aromatic nitrogens is 2. The molecule has 1 aliphatic rings. The molecule has 0 bridgehead atoms. The van der Waals surface area contributed by atoms with Crippen LogP contribution in [0.4, 0.5) is 0 Å². The zero-order valence-electron chi connectivity index (χ0n) is 12.1.